The molecule has 0 unspecified atom stereocenters. The molecule has 126 valence electrons. The number of carbonyl (C=O) groups excluding carboxylic acids is 2. The maximum atomic E-state index is 11.9. The number of hydrogen-bond acceptors (Lipinski definition) is 6. The lowest BCUT2D eigenvalue weighted by Gasteiger charge is -2.06. The van der Waals surface area contributed by atoms with E-state index in [-0.39, 0.29) is 11.3 Å². The lowest BCUT2D eigenvalue weighted by molar-refractivity contribution is -0.385. The smallest absolute Gasteiger partial charge is 0.338 e. The molecule has 2 aromatic rings. The Bertz CT molecular complexity index is 743. The van der Waals surface area contributed by atoms with E-state index in [4.69, 9.17) is 4.74 Å². The summed E-state index contributed by atoms with van der Waals surface area (Å²) in [5, 5.41) is 15.5. The zero-order valence-electron chi connectivity index (χ0n) is 13.0. The molecule has 0 fully saturated rings. The van der Waals surface area contributed by atoms with Crippen molar-refractivity contribution in [3.8, 4) is 0 Å². The number of hydrogen-bond donors (Lipinski definition) is 1. The van der Waals surface area contributed by atoms with Crippen LogP contribution in [0.4, 0.5) is 5.69 Å². The van der Waals surface area contributed by atoms with Gasteiger partial charge in [0.15, 0.2) is 6.61 Å². The highest BCUT2D eigenvalue weighted by atomic mass is 32.1. The molecule has 1 aromatic carbocycles. The Labute approximate surface area is 142 Å². The third-order valence-corrected chi connectivity index (χ3v) is 4.19. The Hall–Kier alpha value is -2.74. The van der Waals surface area contributed by atoms with Crippen molar-refractivity contribution in [1.29, 1.82) is 0 Å². The summed E-state index contributed by atoms with van der Waals surface area (Å²) in [6.45, 7) is 1.60. The Morgan fingerprint density at radius 3 is 2.79 bits per heavy atom. The topological polar surface area (TPSA) is 98.5 Å². The number of benzene rings is 1. The first-order valence-corrected chi connectivity index (χ1v) is 8.06. The van der Waals surface area contributed by atoms with Gasteiger partial charge in [-0.2, -0.15) is 0 Å². The van der Waals surface area contributed by atoms with Crippen LogP contribution in [0.2, 0.25) is 0 Å². The largest absolute Gasteiger partial charge is 0.452 e. The van der Waals surface area contributed by atoms with Gasteiger partial charge in [0.25, 0.3) is 11.6 Å². The summed E-state index contributed by atoms with van der Waals surface area (Å²) >= 11 is 1.60. The first-order chi connectivity index (χ1) is 11.5. The predicted molar refractivity (Wildman–Crippen MR) is 89.1 cm³/mol. The number of thiophene rings is 1. The number of rotatable bonds is 7. The molecule has 0 aliphatic heterocycles. The van der Waals surface area contributed by atoms with Crippen LogP contribution >= 0.6 is 11.3 Å². The van der Waals surface area contributed by atoms with Gasteiger partial charge >= 0.3 is 5.97 Å². The molecule has 1 N–H and O–H groups in total. The normalized spacial score (nSPS) is 10.2. The van der Waals surface area contributed by atoms with Crippen molar-refractivity contribution < 1.29 is 19.2 Å². The molecule has 1 amide bonds. The van der Waals surface area contributed by atoms with Crippen molar-refractivity contribution >= 4 is 28.9 Å². The minimum atomic E-state index is -0.772. The highest BCUT2D eigenvalue weighted by molar-refractivity contribution is 7.09. The lowest BCUT2D eigenvalue weighted by Crippen LogP contribution is -2.30. The average molecular weight is 348 g/mol. The molecule has 7 nitrogen and oxygen atoms in total. The number of nitro benzene ring substituents is 1. The number of nitrogens with one attached hydrogen (secondary N) is 1. The first kappa shape index (κ1) is 17.6. The number of nitrogens with zero attached hydrogens (tertiary/aromatic N) is 1. The molecule has 0 spiro atoms. The Balaban J connectivity index is 1.81. The van der Waals surface area contributed by atoms with E-state index in [1.807, 2.05) is 17.5 Å². The zero-order valence-corrected chi connectivity index (χ0v) is 13.8. The molecule has 0 saturated heterocycles. The van der Waals surface area contributed by atoms with Crippen molar-refractivity contribution in [3.05, 3.63) is 61.8 Å². The van der Waals surface area contributed by atoms with Crippen LogP contribution in [0.1, 0.15) is 20.8 Å². The van der Waals surface area contributed by atoms with E-state index < -0.39 is 23.4 Å². The number of carbonyl (C=O) groups is 2. The Morgan fingerprint density at radius 2 is 2.12 bits per heavy atom. The number of esters is 1. The maximum absolute atomic E-state index is 11.9. The van der Waals surface area contributed by atoms with Gasteiger partial charge in [-0.25, -0.2) is 4.79 Å². The summed E-state index contributed by atoms with van der Waals surface area (Å²) in [7, 11) is 0. The van der Waals surface area contributed by atoms with E-state index in [1.165, 1.54) is 12.1 Å². The second-order valence-corrected chi connectivity index (χ2v) is 6.05. The molecule has 0 bridgehead atoms. The van der Waals surface area contributed by atoms with Gasteiger partial charge in [-0.15, -0.1) is 11.3 Å². The quantitative estimate of drug-likeness (QED) is 0.471. The van der Waals surface area contributed by atoms with E-state index in [0.29, 0.717) is 18.5 Å². The minimum absolute atomic E-state index is 0.0404. The standard InChI is InChI=1S/C16H16N2O5S/c1-11-4-5-12(9-14(11)18(21)22)16(20)23-10-15(19)17-7-6-13-3-2-8-24-13/h2-5,8-9H,6-7,10H2,1H3,(H,17,19). The third kappa shape index (κ3) is 4.88. The van der Waals surface area contributed by atoms with E-state index in [9.17, 15) is 19.7 Å². The second-order valence-electron chi connectivity index (χ2n) is 5.01. The summed E-state index contributed by atoms with van der Waals surface area (Å²) in [4.78, 5) is 35.0. The molecule has 0 radical (unpaired) electrons. The van der Waals surface area contributed by atoms with Gasteiger partial charge in [-0.1, -0.05) is 12.1 Å². The van der Waals surface area contributed by atoms with E-state index in [2.05, 4.69) is 5.32 Å². The van der Waals surface area contributed by atoms with Crippen LogP contribution in [0, 0.1) is 17.0 Å². The third-order valence-electron chi connectivity index (χ3n) is 3.25. The minimum Gasteiger partial charge on any atom is -0.452 e. The summed E-state index contributed by atoms with van der Waals surface area (Å²) in [6.07, 6.45) is 0.710. The van der Waals surface area contributed by atoms with Crippen molar-refractivity contribution in [2.45, 2.75) is 13.3 Å². The summed E-state index contributed by atoms with van der Waals surface area (Å²) in [5.74, 6) is -1.19. The SMILES string of the molecule is Cc1ccc(C(=O)OCC(=O)NCCc2cccs2)cc1[N+](=O)[O-]. The van der Waals surface area contributed by atoms with Crippen molar-refractivity contribution in [1.82, 2.24) is 5.32 Å². The summed E-state index contributed by atoms with van der Waals surface area (Å²) in [6, 6.07) is 7.95. The van der Waals surface area contributed by atoms with Gasteiger partial charge in [0.2, 0.25) is 0 Å². The maximum Gasteiger partial charge on any atom is 0.338 e. The number of nitro groups is 1. The second kappa shape index (κ2) is 8.21. The van der Waals surface area contributed by atoms with Gasteiger partial charge in [-0.3, -0.25) is 14.9 Å². The summed E-state index contributed by atoms with van der Waals surface area (Å²) in [5.41, 5.74) is 0.325. The Kier molecular flexibility index (Phi) is 6.02. The zero-order chi connectivity index (χ0) is 17.5. The van der Waals surface area contributed by atoms with Crippen molar-refractivity contribution in [2.75, 3.05) is 13.2 Å². The molecule has 1 heterocycles. The van der Waals surface area contributed by atoms with Gasteiger partial charge in [0.1, 0.15) is 0 Å². The monoisotopic (exact) mass is 348 g/mol. The molecule has 0 aliphatic carbocycles. The molecule has 1 aromatic heterocycles. The van der Waals surface area contributed by atoms with E-state index in [0.717, 1.165) is 10.9 Å². The highest BCUT2D eigenvalue weighted by Gasteiger charge is 2.16. The van der Waals surface area contributed by atoms with Crippen LogP contribution in [-0.2, 0) is 16.0 Å². The van der Waals surface area contributed by atoms with Crippen molar-refractivity contribution in [2.24, 2.45) is 0 Å². The summed E-state index contributed by atoms with van der Waals surface area (Å²) < 4.78 is 4.88. The van der Waals surface area contributed by atoms with Crippen LogP contribution < -0.4 is 5.32 Å². The van der Waals surface area contributed by atoms with E-state index >= 15 is 0 Å². The van der Waals surface area contributed by atoms with Gasteiger partial charge in [-0.05, 0) is 30.9 Å². The van der Waals surface area contributed by atoms with Gasteiger partial charge in [0, 0.05) is 23.1 Å². The average Bonchev–Trinajstić information content (AvgIpc) is 3.06. The molecular formula is C16H16N2O5S. The van der Waals surface area contributed by atoms with Crippen LogP contribution in [0.3, 0.4) is 0 Å². The number of ether oxygens (including phenoxy) is 1. The fourth-order valence-corrected chi connectivity index (χ4v) is 2.69. The number of aryl methyl sites for hydroxylation is 1. The highest BCUT2D eigenvalue weighted by Crippen LogP contribution is 2.19. The molecular weight excluding hydrogens is 332 g/mol. The van der Waals surface area contributed by atoms with Crippen LogP contribution in [0.5, 0.6) is 0 Å². The molecule has 8 heteroatoms. The Morgan fingerprint density at radius 1 is 1.33 bits per heavy atom. The van der Waals surface area contributed by atoms with Gasteiger partial charge in [0.05, 0.1) is 10.5 Å². The van der Waals surface area contributed by atoms with Crippen LogP contribution in [0.15, 0.2) is 35.7 Å². The molecule has 0 saturated carbocycles. The molecule has 0 atom stereocenters. The predicted octanol–water partition coefficient (Wildman–Crippen LogP) is 2.48. The first-order valence-electron chi connectivity index (χ1n) is 7.18. The fraction of sp³-hybridized carbons (Fsp3) is 0.250. The molecule has 24 heavy (non-hydrogen) atoms. The van der Waals surface area contributed by atoms with Crippen LogP contribution in [-0.4, -0.2) is 30.0 Å². The van der Waals surface area contributed by atoms with Gasteiger partial charge < -0.3 is 10.1 Å². The van der Waals surface area contributed by atoms with Crippen LogP contribution in [0.25, 0.3) is 0 Å². The molecule has 0 aliphatic rings. The fourth-order valence-electron chi connectivity index (χ4n) is 1.98. The number of amides is 1. The lowest BCUT2D eigenvalue weighted by atomic mass is 10.1. The van der Waals surface area contributed by atoms with Crippen molar-refractivity contribution in [3.63, 3.8) is 0 Å². The molecule has 2 rings (SSSR count). The van der Waals surface area contributed by atoms with E-state index in [1.54, 1.807) is 18.3 Å².